The van der Waals surface area contributed by atoms with E-state index in [1.165, 1.54) is 16.8 Å². The molecule has 132 valence electrons. The Hall–Kier alpha value is -2.59. The molecule has 25 heavy (non-hydrogen) atoms. The van der Waals surface area contributed by atoms with Crippen LogP contribution in [-0.2, 0) is 29.4 Å². The van der Waals surface area contributed by atoms with Crippen LogP contribution in [0.15, 0.2) is 40.0 Å². The Kier molecular flexibility index (Phi) is 4.64. The van der Waals surface area contributed by atoms with E-state index >= 15 is 0 Å². The topological polar surface area (TPSA) is 124 Å². The fourth-order valence-corrected chi connectivity index (χ4v) is 3.74. The van der Waals surface area contributed by atoms with Crippen molar-refractivity contribution in [3.05, 3.63) is 62.1 Å². The second-order valence-corrected chi connectivity index (χ2v) is 7.45. The Morgan fingerprint density at radius 2 is 1.96 bits per heavy atom. The van der Waals surface area contributed by atoms with Crippen LogP contribution < -0.4 is 10.3 Å². The van der Waals surface area contributed by atoms with E-state index in [0.29, 0.717) is 0 Å². The van der Waals surface area contributed by atoms with Crippen LogP contribution in [0.2, 0.25) is 0 Å². The summed E-state index contributed by atoms with van der Waals surface area (Å²) in [7, 11) is -3.81. The van der Waals surface area contributed by atoms with Crippen molar-refractivity contribution >= 4 is 15.7 Å². The molecule has 0 saturated carbocycles. The van der Waals surface area contributed by atoms with Crippen molar-refractivity contribution in [3.8, 4) is 0 Å². The maximum absolute atomic E-state index is 12.2. The number of non-ortho nitro benzene ring substituents is 1. The molecule has 10 heteroatoms. The number of nitro benzene ring substituents is 1. The van der Waals surface area contributed by atoms with Gasteiger partial charge in [-0.2, -0.15) is 5.10 Å². The maximum Gasteiger partial charge on any atom is 0.269 e. The highest BCUT2D eigenvalue weighted by atomic mass is 32.2. The fourth-order valence-electron chi connectivity index (χ4n) is 2.72. The number of rotatable bonds is 6. The summed E-state index contributed by atoms with van der Waals surface area (Å²) < 4.78 is 28.0. The summed E-state index contributed by atoms with van der Waals surface area (Å²) in [6.07, 6.45) is 2.65. The van der Waals surface area contributed by atoms with Crippen molar-refractivity contribution in [2.24, 2.45) is 0 Å². The first-order valence-corrected chi connectivity index (χ1v) is 9.19. The first kappa shape index (κ1) is 17.2. The van der Waals surface area contributed by atoms with Gasteiger partial charge in [-0.25, -0.2) is 17.8 Å². The number of aryl methyl sites for hydroxylation is 2. The number of nitrogens with zero attached hydrogens (tertiary/aromatic N) is 3. The van der Waals surface area contributed by atoms with Crippen molar-refractivity contribution in [3.63, 3.8) is 0 Å². The highest BCUT2D eigenvalue weighted by Crippen LogP contribution is 2.17. The number of aromatic nitrogens is 2. The molecule has 1 aromatic carbocycles. The smallest absolute Gasteiger partial charge is 0.268 e. The first-order chi connectivity index (χ1) is 11.9. The van der Waals surface area contributed by atoms with Crippen molar-refractivity contribution in [2.45, 2.75) is 30.7 Å². The minimum Gasteiger partial charge on any atom is -0.268 e. The van der Waals surface area contributed by atoms with Crippen LogP contribution in [0.3, 0.4) is 0 Å². The van der Waals surface area contributed by atoms with E-state index in [4.69, 9.17) is 0 Å². The van der Waals surface area contributed by atoms with E-state index in [0.717, 1.165) is 42.7 Å². The molecule has 0 fully saturated rings. The zero-order chi connectivity index (χ0) is 18.0. The summed E-state index contributed by atoms with van der Waals surface area (Å²) in [6, 6.07) is 6.14. The average molecular weight is 364 g/mol. The third-order valence-corrected chi connectivity index (χ3v) is 5.47. The number of benzene rings is 1. The lowest BCUT2D eigenvalue weighted by atomic mass is 10.2. The lowest BCUT2D eigenvalue weighted by Crippen LogP contribution is -2.32. The third-order valence-electron chi connectivity index (χ3n) is 4.00. The summed E-state index contributed by atoms with van der Waals surface area (Å²) in [5, 5.41) is 14.9. The third kappa shape index (κ3) is 3.74. The van der Waals surface area contributed by atoms with E-state index in [2.05, 4.69) is 9.82 Å². The summed E-state index contributed by atoms with van der Waals surface area (Å²) in [5.41, 5.74) is 1.41. The van der Waals surface area contributed by atoms with Crippen molar-refractivity contribution in [1.29, 1.82) is 0 Å². The molecule has 0 amide bonds. The highest BCUT2D eigenvalue weighted by Gasteiger charge is 2.17. The van der Waals surface area contributed by atoms with Crippen LogP contribution >= 0.6 is 0 Å². The normalized spacial score (nSPS) is 13.6. The van der Waals surface area contributed by atoms with Crippen molar-refractivity contribution in [2.75, 3.05) is 6.54 Å². The van der Waals surface area contributed by atoms with Crippen LogP contribution in [0.5, 0.6) is 0 Å². The van der Waals surface area contributed by atoms with E-state index in [1.54, 1.807) is 6.07 Å². The SMILES string of the molecule is O=c1cc2c(nn1CCNS(=O)(=O)c1ccc([N+](=O)[O-])cc1)CCC2. The summed E-state index contributed by atoms with van der Waals surface area (Å²) >= 11 is 0. The monoisotopic (exact) mass is 364 g/mol. The molecule has 9 nitrogen and oxygen atoms in total. The van der Waals surface area contributed by atoms with Gasteiger partial charge in [0.2, 0.25) is 10.0 Å². The molecule has 0 spiro atoms. The Bertz CT molecular complexity index is 966. The standard InChI is InChI=1S/C15H16N4O5S/c20-15-10-11-2-1-3-14(11)17-18(15)9-8-16-25(23,24)13-6-4-12(5-7-13)19(21)22/h4-7,10,16H,1-3,8-9H2. The molecular weight excluding hydrogens is 348 g/mol. The molecule has 1 aliphatic carbocycles. The van der Waals surface area contributed by atoms with Gasteiger partial charge < -0.3 is 0 Å². The Labute approximate surface area is 143 Å². The number of hydrogen-bond donors (Lipinski definition) is 1. The summed E-state index contributed by atoms with van der Waals surface area (Å²) in [6.45, 7) is 0.101. The van der Waals surface area contributed by atoms with Crippen LogP contribution in [-0.4, -0.2) is 29.7 Å². The molecule has 1 heterocycles. The van der Waals surface area contributed by atoms with Crippen LogP contribution in [0.1, 0.15) is 17.7 Å². The van der Waals surface area contributed by atoms with Gasteiger partial charge >= 0.3 is 0 Å². The molecule has 0 aliphatic heterocycles. The van der Waals surface area contributed by atoms with Gasteiger partial charge in [-0.1, -0.05) is 0 Å². The molecule has 0 unspecified atom stereocenters. The van der Waals surface area contributed by atoms with Gasteiger partial charge in [0, 0.05) is 24.7 Å². The number of sulfonamides is 1. The minimum absolute atomic E-state index is 0.00891. The number of fused-ring (bicyclic) bond motifs is 1. The van der Waals surface area contributed by atoms with Gasteiger partial charge in [-0.15, -0.1) is 0 Å². The van der Waals surface area contributed by atoms with Crippen molar-refractivity contribution < 1.29 is 13.3 Å². The molecule has 2 aromatic rings. The number of nitrogens with one attached hydrogen (secondary N) is 1. The van der Waals surface area contributed by atoms with E-state index in [-0.39, 0.29) is 29.2 Å². The van der Waals surface area contributed by atoms with Crippen LogP contribution in [0.25, 0.3) is 0 Å². The minimum atomic E-state index is -3.81. The van der Waals surface area contributed by atoms with Gasteiger partial charge in [0.1, 0.15) is 0 Å². The molecule has 0 atom stereocenters. The van der Waals surface area contributed by atoms with Crippen molar-refractivity contribution in [1.82, 2.24) is 14.5 Å². The second kappa shape index (κ2) is 6.73. The van der Waals surface area contributed by atoms with Gasteiger partial charge in [-0.3, -0.25) is 14.9 Å². The largest absolute Gasteiger partial charge is 0.269 e. The molecule has 0 radical (unpaired) electrons. The lowest BCUT2D eigenvalue weighted by molar-refractivity contribution is -0.384. The molecular formula is C15H16N4O5S. The number of nitro groups is 1. The summed E-state index contributed by atoms with van der Waals surface area (Å²) in [4.78, 5) is 21.9. The molecule has 1 aromatic heterocycles. The van der Waals surface area contributed by atoms with E-state index in [1.807, 2.05) is 0 Å². The van der Waals surface area contributed by atoms with E-state index < -0.39 is 14.9 Å². The zero-order valence-electron chi connectivity index (χ0n) is 13.2. The molecule has 1 N–H and O–H groups in total. The van der Waals surface area contributed by atoms with Crippen LogP contribution in [0.4, 0.5) is 5.69 Å². The average Bonchev–Trinajstić information content (AvgIpc) is 3.02. The number of hydrogen-bond acceptors (Lipinski definition) is 6. The van der Waals surface area contributed by atoms with E-state index in [9.17, 15) is 23.3 Å². The quantitative estimate of drug-likeness (QED) is 0.592. The Morgan fingerprint density at radius 3 is 2.64 bits per heavy atom. The van der Waals surface area contributed by atoms with Crippen LogP contribution in [0, 0.1) is 10.1 Å². The predicted octanol–water partition coefficient (Wildman–Crippen LogP) is 0.619. The molecule has 1 aliphatic rings. The van der Waals surface area contributed by atoms with Gasteiger partial charge in [-0.05, 0) is 37.0 Å². The maximum atomic E-state index is 12.2. The Morgan fingerprint density at radius 1 is 1.24 bits per heavy atom. The van der Waals surface area contributed by atoms with Gasteiger partial charge in [0.05, 0.1) is 22.1 Å². The zero-order valence-corrected chi connectivity index (χ0v) is 14.0. The fraction of sp³-hybridized carbons (Fsp3) is 0.333. The first-order valence-electron chi connectivity index (χ1n) is 7.71. The Balaban J connectivity index is 1.67. The lowest BCUT2D eigenvalue weighted by Gasteiger charge is -2.09. The predicted molar refractivity (Wildman–Crippen MR) is 88.8 cm³/mol. The highest BCUT2D eigenvalue weighted by molar-refractivity contribution is 7.89. The second-order valence-electron chi connectivity index (χ2n) is 5.68. The van der Waals surface area contributed by atoms with Gasteiger partial charge in [0.15, 0.2) is 0 Å². The summed E-state index contributed by atoms with van der Waals surface area (Å²) in [5.74, 6) is 0. The molecule has 0 bridgehead atoms. The molecule has 3 rings (SSSR count). The molecule has 0 saturated heterocycles. The van der Waals surface area contributed by atoms with Gasteiger partial charge in [0.25, 0.3) is 11.2 Å².